The first-order valence-electron chi connectivity index (χ1n) is 4.72. The predicted octanol–water partition coefficient (Wildman–Crippen LogP) is 0.268. The molecule has 5 nitrogen and oxygen atoms in total. The number of hydrogen-bond acceptors (Lipinski definition) is 4. The summed E-state index contributed by atoms with van der Waals surface area (Å²) in [5, 5.41) is 0. The van der Waals surface area contributed by atoms with E-state index < -0.39 is 8.97 Å². The Morgan fingerprint density at radius 1 is 0.857 bits per heavy atom. The topological polar surface area (TPSA) is 62.4 Å². The summed E-state index contributed by atoms with van der Waals surface area (Å²) >= 11 is 0. The highest BCUT2D eigenvalue weighted by Gasteiger charge is 2.44. The van der Waals surface area contributed by atoms with Gasteiger partial charge in [-0.15, -0.1) is 0 Å². The predicted molar refractivity (Wildman–Crippen MR) is 57.9 cm³/mol. The van der Waals surface area contributed by atoms with Gasteiger partial charge in [-0.25, -0.2) is 0 Å². The molecule has 0 aromatic heterocycles. The van der Waals surface area contributed by atoms with E-state index in [1.54, 1.807) is 0 Å². The van der Waals surface area contributed by atoms with Crippen molar-refractivity contribution in [3.63, 3.8) is 0 Å². The van der Waals surface area contributed by atoms with Gasteiger partial charge in [-0.3, -0.25) is 4.57 Å². The van der Waals surface area contributed by atoms with Crippen LogP contribution < -0.4 is 0 Å². The van der Waals surface area contributed by atoms with Crippen LogP contribution in [-0.4, -0.2) is 52.9 Å². The molecular formula is C8H23NO4Si. The normalized spacial score (nSPS) is 11.6. The summed E-state index contributed by atoms with van der Waals surface area (Å²) in [5.41, 5.74) is 0. The van der Waals surface area contributed by atoms with E-state index in [1.807, 2.05) is 39.4 Å². The lowest BCUT2D eigenvalue weighted by Crippen LogP contribution is -2.58. The first kappa shape index (κ1) is 16.4. The first-order chi connectivity index (χ1) is 6.13. The van der Waals surface area contributed by atoms with Crippen LogP contribution in [0.2, 0.25) is 0 Å². The molecule has 0 aromatic carbocycles. The second kappa shape index (κ2) is 8.34. The van der Waals surface area contributed by atoms with Crippen molar-refractivity contribution in [2.75, 3.05) is 33.9 Å². The van der Waals surface area contributed by atoms with Crippen molar-refractivity contribution in [3.05, 3.63) is 0 Å². The smallest absolute Gasteiger partial charge is 0.412 e. The van der Waals surface area contributed by atoms with Crippen molar-refractivity contribution in [1.29, 1.82) is 0 Å². The molecule has 2 N–H and O–H groups in total. The van der Waals surface area contributed by atoms with Crippen molar-refractivity contribution in [3.8, 4) is 0 Å². The van der Waals surface area contributed by atoms with Crippen molar-refractivity contribution >= 4 is 8.97 Å². The standard InChI is InChI=1S/C8H21NO3Si.H2O/c1-6-10-13(9(4)5,11-7-2)12-8-3;/h6-8H2,1-5H3;1H2. The molecule has 88 valence electrons. The summed E-state index contributed by atoms with van der Waals surface area (Å²) in [6.07, 6.45) is 0. The number of hydrogen-bond donors (Lipinski definition) is 0. The van der Waals surface area contributed by atoms with Crippen LogP contribution >= 0.6 is 0 Å². The van der Waals surface area contributed by atoms with E-state index in [1.165, 1.54) is 0 Å². The van der Waals surface area contributed by atoms with E-state index in [0.29, 0.717) is 19.8 Å². The van der Waals surface area contributed by atoms with E-state index in [9.17, 15) is 0 Å². The summed E-state index contributed by atoms with van der Waals surface area (Å²) in [5.74, 6) is 0. The molecule has 0 amide bonds. The summed E-state index contributed by atoms with van der Waals surface area (Å²) in [6, 6.07) is 0. The molecule has 14 heavy (non-hydrogen) atoms. The van der Waals surface area contributed by atoms with Crippen molar-refractivity contribution in [2.24, 2.45) is 0 Å². The van der Waals surface area contributed by atoms with Crippen molar-refractivity contribution < 1.29 is 18.8 Å². The van der Waals surface area contributed by atoms with Crippen LogP contribution in [0.5, 0.6) is 0 Å². The van der Waals surface area contributed by atoms with E-state index in [2.05, 4.69) is 0 Å². The third-order valence-electron chi connectivity index (χ3n) is 1.53. The Labute approximate surface area is 87.7 Å². The molecule has 0 saturated carbocycles. The highest BCUT2D eigenvalue weighted by atomic mass is 28.4. The Hall–Kier alpha value is 0.0169. The van der Waals surface area contributed by atoms with Gasteiger partial charge in [0.25, 0.3) is 0 Å². The fourth-order valence-corrected chi connectivity index (χ4v) is 3.18. The Balaban J connectivity index is 0. The van der Waals surface area contributed by atoms with Gasteiger partial charge in [-0.05, 0) is 34.9 Å². The Morgan fingerprint density at radius 2 is 1.14 bits per heavy atom. The molecule has 0 aliphatic rings. The third-order valence-corrected chi connectivity index (χ3v) is 4.58. The molecule has 0 aromatic rings. The molecule has 0 bridgehead atoms. The van der Waals surface area contributed by atoms with Crippen LogP contribution in [0.15, 0.2) is 0 Å². The minimum absolute atomic E-state index is 0. The third kappa shape index (κ3) is 4.49. The molecule has 0 aliphatic heterocycles. The van der Waals surface area contributed by atoms with E-state index >= 15 is 0 Å². The molecule has 0 spiro atoms. The minimum atomic E-state index is -2.54. The average Bonchev–Trinajstić information content (AvgIpc) is 2.05. The van der Waals surface area contributed by atoms with Crippen molar-refractivity contribution in [1.82, 2.24) is 4.57 Å². The SMILES string of the molecule is CCO[Si](OCC)(OCC)N(C)C.O. The molecule has 0 unspecified atom stereocenters. The summed E-state index contributed by atoms with van der Waals surface area (Å²) in [4.78, 5) is 0. The molecule has 6 heteroatoms. The molecule has 0 radical (unpaired) electrons. The maximum absolute atomic E-state index is 5.59. The first-order valence-corrected chi connectivity index (χ1v) is 6.39. The quantitative estimate of drug-likeness (QED) is 0.583. The Kier molecular flexibility index (Phi) is 9.79. The van der Waals surface area contributed by atoms with Gasteiger partial charge >= 0.3 is 8.97 Å². The maximum Gasteiger partial charge on any atom is 0.599 e. The minimum Gasteiger partial charge on any atom is -0.412 e. The van der Waals surface area contributed by atoms with Gasteiger partial charge in [0.15, 0.2) is 0 Å². The summed E-state index contributed by atoms with van der Waals surface area (Å²) < 4.78 is 18.7. The Bertz CT molecular complexity index is 117. The zero-order chi connectivity index (χ0) is 10.3. The van der Waals surface area contributed by atoms with Crippen molar-refractivity contribution in [2.45, 2.75) is 20.8 Å². The Morgan fingerprint density at radius 3 is 1.29 bits per heavy atom. The summed E-state index contributed by atoms with van der Waals surface area (Å²) in [7, 11) is 1.31. The maximum atomic E-state index is 5.59. The van der Waals surface area contributed by atoms with Crippen LogP contribution in [0.1, 0.15) is 20.8 Å². The average molecular weight is 225 g/mol. The van der Waals surface area contributed by atoms with E-state index in [4.69, 9.17) is 13.3 Å². The van der Waals surface area contributed by atoms with Gasteiger partial charge in [0, 0.05) is 19.8 Å². The molecule has 0 heterocycles. The molecule has 0 aliphatic carbocycles. The van der Waals surface area contributed by atoms with Gasteiger partial charge in [0.1, 0.15) is 0 Å². The van der Waals surface area contributed by atoms with Gasteiger partial charge in [-0.1, -0.05) is 0 Å². The largest absolute Gasteiger partial charge is 0.599 e. The lowest BCUT2D eigenvalue weighted by atomic mass is 10.9. The zero-order valence-corrected chi connectivity index (χ0v) is 10.8. The van der Waals surface area contributed by atoms with E-state index in [-0.39, 0.29) is 5.48 Å². The van der Waals surface area contributed by atoms with Gasteiger partial charge in [0.2, 0.25) is 0 Å². The molecular weight excluding hydrogens is 202 g/mol. The van der Waals surface area contributed by atoms with Crippen LogP contribution in [0.3, 0.4) is 0 Å². The lowest BCUT2D eigenvalue weighted by Gasteiger charge is -2.32. The zero-order valence-electron chi connectivity index (χ0n) is 9.79. The highest BCUT2D eigenvalue weighted by molar-refractivity contribution is 6.57. The summed E-state index contributed by atoms with van der Waals surface area (Å²) in [6.45, 7) is 7.69. The number of nitrogens with zero attached hydrogens (tertiary/aromatic N) is 1. The molecule has 0 saturated heterocycles. The fraction of sp³-hybridized carbons (Fsp3) is 1.00. The fourth-order valence-electron chi connectivity index (χ4n) is 1.06. The van der Waals surface area contributed by atoms with Crippen LogP contribution in [0.4, 0.5) is 0 Å². The monoisotopic (exact) mass is 225 g/mol. The lowest BCUT2D eigenvalue weighted by molar-refractivity contribution is 0.0300. The van der Waals surface area contributed by atoms with Gasteiger partial charge in [-0.2, -0.15) is 0 Å². The second-order valence-electron chi connectivity index (χ2n) is 2.72. The number of rotatable bonds is 7. The second-order valence-corrected chi connectivity index (χ2v) is 5.53. The van der Waals surface area contributed by atoms with Crippen LogP contribution in [0.25, 0.3) is 0 Å². The highest BCUT2D eigenvalue weighted by Crippen LogP contribution is 2.12. The van der Waals surface area contributed by atoms with Gasteiger partial charge in [0.05, 0.1) is 0 Å². The molecule has 0 atom stereocenters. The molecule has 0 fully saturated rings. The van der Waals surface area contributed by atoms with Crippen LogP contribution in [-0.2, 0) is 13.3 Å². The van der Waals surface area contributed by atoms with Crippen LogP contribution in [0, 0.1) is 0 Å². The van der Waals surface area contributed by atoms with E-state index in [0.717, 1.165) is 0 Å². The molecule has 0 rings (SSSR count). The van der Waals surface area contributed by atoms with Gasteiger partial charge < -0.3 is 18.8 Å².